The summed E-state index contributed by atoms with van der Waals surface area (Å²) in [4.78, 5) is 30.6. The van der Waals surface area contributed by atoms with Crippen LogP contribution in [0.3, 0.4) is 0 Å². The van der Waals surface area contributed by atoms with Gasteiger partial charge in [0.1, 0.15) is 5.75 Å². The van der Waals surface area contributed by atoms with Gasteiger partial charge >= 0.3 is 0 Å². The van der Waals surface area contributed by atoms with Crippen LogP contribution in [0.4, 0.5) is 5.69 Å². The van der Waals surface area contributed by atoms with Gasteiger partial charge in [0.05, 0.1) is 13.2 Å². The highest BCUT2D eigenvalue weighted by atomic mass is 16.7. The fourth-order valence-corrected chi connectivity index (χ4v) is 5.28. The minimum Gasteiger partial charge on any atom is -0.497 e. The van der Waals surface area contributed by atoms with Crippen molar-refractivity contribution in [2.24, 2.45) is 5.92 Å². The molecule has 5 rings (SSSR count). The molecule has 0 bridgehead atoms. The standard InChI is InChI=1S/C26H31N3O5/c1-32-21-8-4-7-19(15-21)26(31)29-13-11-28(12-14-29)24(18-5-2-3-6-18)25(30)27-20-9-10-22-23(16-20)34-17-33-22/h4,7-10,15-16,18,24H,2-3,5-6,11-14,17H2,1H3,(H,27,30)/t24-/m0/s1. The summed E-state index contributed by atoms with van der Waals surface area (Å²) in [6.45, 7) is 2.74. The van der Waals surface area contributed by atoms with Crippen molar-refractivity contribution in [1.82, 2.24) is 9.80 Å². The maximum absolute atomic E-state index is 13.5. The van der Waals surface area contributed by atoms with Crippen LogP contribution in [-0.2, 0) is 4.79 Å². The minimum absolute atomic E-state index is 0.000720. The molecule has 34 heavy (non-hydrogen) atoms. The summed E-state index contributed by atoms with van der Waals surface area (Å²) in [5, 5.41) is 3.11. The molecule has 1 atom stereocenters. The van der Waals surface area contributed by atoms with Crippen LogP contribution in [0, 0.1) is 5.92 Å². The summed E-state index contributed by atoms with van der Waals surface area (Å²) in [6.07, 6.45) is 4.43. The van der Waals surface area contributed by atoms with E-state index < -0.39 is 0 Å². The van der Waals surface area contributed by atoms with Gasteiger partial charge in [-0.1, -0.05) is 18.9 Å². The molecule has 1 N–H and O–H groups in total. The third kappa shape index (κ3) is 4.68. The van der Waals surface area contributed by atoms with Gasteiger partial charge in [0.15, 0.2) is 11.5 Å². The number of hydrogen-bond acceptors (Lipinski definition) is 6. The molecular weight excluding hydrogens is 434 g/mol. The monoisotopic (exact) mass is 465 g/mol. The highest BCUT2D eigenvalue weighted by molar-refractivity contribution is 5.96. The van der Waals surface area contributed by atoms with Crippen LogP contribution in [0.1, 0.15) is 36.0 Å². The Morgan fingerprint density at radius 1 is 1.00 bits per heavy atom. The van der Waals surface area contributed by atoms with Crippen LogP contribution in [-0.4, -0.2) is 67.7 Å². The molecule has 180 valence electrons. The predicted octanol–water partition coefficient (Wildman–Crippen LogP) is 3.38. The number of anilines is 1. The second-order valence-electron chi connectivity index (χ2n) is 9.11. The van der Waals surface area contributed by atoms with E-state index in [1.54, 1.807) is 13.2 Å². The van der Waals surface area contributed by atoms with Gasteiger partial charge in [-0.05, 0) is 49.1 Å². The molecule has 2 heterocycles. The maximum Gasteiger partial charge on any atom is 0.254 e. The number of piperazine rings is 1. The minimum atomic E-state index is -0.206. The van der Waals surface area contributed by atoms with Crippen LogP contribution >= 0.6 is 0 Å². The Labute approximate surface area is 199 Å². The number of methoxy groups -OCH3 is 1. The number of nitrogens with zero attached hydrogens (tertiary/aromatic N) is 2. The number of amides is 2. The van der Waals surface area contributed by atoms with E-state index in [1.807, 2.05) is 41.3 Å². The zero-order chi connectivity index (χ0) is 23.5. The molecule has 1 aliphatic carbocycles. The zero-order valence-corrected chi connectivity index (χ0v) is 19.5. The lowest BCUT2D eigenvalue weighted by Gasteiger charge is -2.40. The molecule has 0 spiro atoms. The molecule has 2 aromatic rings. The van der Waals surface area contributed by atoms with Crippen LogP contribution in [0.2, 0.25) is 0 Å². The Bertz CT molecular complexity index is 1040. The maximum atomic E-state index is 13.5. The van der Waals surface area contributed by atoms with E-state index in [0.717, 1.165) is 25.7 Å². The van der Waals surface area contributed by atoms with Gasteiger partial charge in [0.25, 0.3) is 5.91 Å². The largest absolute Gasteiger partial charge is 0.497 e. The Hall–Kier alpha value is -3.26. The van der Waals surface area contributed by atoms with Gasteiger partial charge in [-0.25, -0.2) is 0 Å². The summed E-state index contributed by atoms with van der Waals surface area (Å²) in [5.41, 5.74) is 1.34. The van der Waals surface area contributed by atoms with E-state index in [2.05, 4.69) is 10.2 Å². The number of fused-ring (bicyclic) bond motifs is 1. The van der Waals surface area contributed by atoms with Gasteiger partial charge in [0, 0.05) is 43.5 Å². The Balaban J connectivity index is 1.26. The van der Waals surface area contributed by atoms with E-state index in [9.17, 15) is 9.59 Å². The highest BCUT2D eigenvalue weighted by Gasteiger charge is 2.37. The van der Waals surface area contributed by atoms with Crippen LogP contribution in [0.5, 0.6) is 17.2 Å². The number of nitrogens with one attached hydrogen (secondary N) is 1. The normalized spacial score (nSPS) is 19.1. The molecule has 2 fully saturated rings. The SMILES string of the molecule is COc1cccc(C(=O)N2CCN([C@H](C(=O)Nc3ccc4c(c3)OCO4)C3CCCC3)CC2)c1. The quantitative estimate of drug-likeness (QED) is 0.705. The molecule has 2 amide bonds. The van der Waals surface area contributed by atoms with Crippen molar-refractivity contribution in [3.63, 3.8) is 0 Å². The second kappa shape index (κ2) is 9.93. The van der Waals surface area contributed by atoms with Crippen molar-refractivity contribution < 1.29 is 23.8 Å². The molecule has 1 saturated carbocycles. The molecule has 2 aromatic carbocycles. The second-order valence-corrected chi connectivity index (χ2v) is 9.11. The van der Waals surface area contributed by atoms with Crippen LogP contribution < -0.4 is 19.5 Å². The van der Waals surface area contributed by atoms with Gasteiger partial charge in [-0.15, -0.1) is 0 Å². The van der Waals surface area contributed by atoms with E-state index in [-0.39, 0.29) is 24.6 Å². The number of carbonyl (C=O) groups excluding carboxylic acids is 2. The average Bonchev–Trinajstić information content (AvgIpc) is 3.56. The summed E-state index contributed by atoms with van der Waals surface area (Å²) < 4.78 is 16.1. The van der Waals surface area contributed by atoms with Crippen molar-refractivity contribution in [2.45, 2.75) is 31.7 Å². The summed E-state index contributed by atoms with van der Waals surface area (Å²) in [7, 11) is 1.60. The fourth-order valence-electron chi connectivity index (χ4n) is 5.28. The first kappa shape index (κ1) is 22.5. The Morgan fingerprint density at radius 2 is 1.76 bits per heavy atom. The molecular formula is C26H31N3O5. The Kier molecular flexibility index (Phi) is 6.58. The number of ether oxygens (including phenoxy) is 3. The highest BCUT2D eigenvalue weighted by Crippen LogP contribution is 2.35. The lowest BCUT2D eigenvalue weighted by molar-refractivity contribution is -0.123. The van der Waals surface area contributed by atoms with Crippen molar-refractivity contribution in [2.75, 3.05) is 45.4 Å². The van der Waals surface area contributed by atoms with Gasteiger partial charge in [0.2, 0.25) is 12.7 Å². The summed E-state index contributed by atoms with van der Waals surface area (Å²) in [5.74, 6) is 2.36. The van der Waals surface area contributed by atoms with Crippen molar-refractivity contribution in [3.05, 3.63) is 48.0 Å². The summed E-state index contributed by atoms with van der Waals surface area (Å²) >= 11 is 0. The average molecular weight is 466 g/mol. The molecule has 0 aromatic heterocycles. The molecule has 8 heteroatoms. The van der Waals surface area contributed by atoms with Gasteiger partial charge < -0.3 is 24.4 Å². The van der Waals surface area contributed by atoms with Crippen molar-refractivity contribution in [3.8, 4) is 17.2 Å². The first-order valence-electron chi connectivity index (χ1n) is 12.0. The van der Waals surface area contributed by atoms with E-state index in [1.165, 1.54) is 0 Å². The lowest BCUT2D eigenvalue weighted by Crippen LogP contribution is -2.56. The van der Waals surface area contributed by atoms with Gasteiger partial charge in [-0.3, -0.25) is 14.5 Å². The zero-order valence-electron chi connectivity index (χ0n) is 19.5. The van der Waals surface area contributed by atoms with Gasteiger partial charge in [-0.2, -0.15) is 0 Å². The van der Waals surface area contributed by atoms with Crippen LogP contribution in [0.25, 0.3) is 0 Å². The van der Waals surface area contributed by atoms with Crippen LogP contribution in [0.15, 0.2) is 42.5 Å². The lowest BCUT2D eigenvalue weighted by atomic mass is 9.94. The van der Waals surface area contributed by atoms with E-state index >= 15 is 0 Å². The first-order valence-corrected chi connectivity index (χ1v) is 12.0. The smallest absolute Gasteiger partial charge is 0.254 e. The molecule has 3 aliphatic rings. The first-order chi connectivity index (χ1) is 16.6. The summed E-state index contributed by atoms with van der Waals surface area (Å²) in [6, 6.07) is 12.5. The van der Waals surface area contributed by atoms with Crippen molar-refractivity contribution >= 4 is 17.5 Å². The number of hydrogen-bond donors (Lipinski definition) is 1. The topological polar surface area (TPSA) is 80.3 Å². The molecule has 8 nitrogen and oxygen atoms in total. The molecule has 0 unspecified atom stereocenters. The number of rotatable bonds is 6. The molecule has 0 radical (unpaired) electrons. The predicted molar refractivity (Wildman–Crippen MR) is 127 cm³/mol. The number of carbonyl (C=O) groups is 2. The van der Waals surface area contributed by atoms with E-state index in [0.29, 0.717) is 60.6 Å². The third-order valence-corrected chi connectivity index (χ3v) is 7.07. The molecule has 2 aliphatic heterocycles. The fraction of sp³-hybridized carbons (Fsp3) is 0.462. The van der Waals surface area contributed by atoms with E-state index in [4.69, 9.17) is 14.2 Å². The third-order valence-electron chi connectivity index (χ3n) is 7.07. The van der Waals surface area contributed by atoms with Crippen molar-refractivity contribution in [1.29, 1.82) is 0 Å². The number of benzene rings is 2. The Morgan fingerprint density at radius 3 is 2.53 bits per heavy atom. The molecule has 1 saturated heterocycles.